The van der Waals surface area contributed by atoms with E-state index in [0.29, 0.717) is 20.1 Å². The van der Waals surface area contributed by atoms with Crippen molar-refractivity contribution in [1.82, 2.24) is 4.98 Å². The third kappa shape index (κ3) is 4.53. The molecular formula is C20H13BrCl2N2O6. The molecule has 0 fully saturated rings. The number of benzene rings is 2. The molecular weight excluding hydrogens is 515 g/mol. The Bertz CT molecular complexity index is 1260. The van der Waals surface area contributed by atoms with Crippen molar-refractivity contribution in [3.63, 3.8) is 0 Å². The minimum Gasteiger partial charge on any atom is -0.488 e. The third-order valence-electron chi connectivity index (χ3n) is 4.32. The van der Waals surface area contributed by atoms with Crippen LogP contribution in [0.5, 0.6) is 5.75 Å². The summed E-state index contributed by atoms with van der Waals surface area (Å²) in [7, 11) is 0. The smallest absolute Gasteiger partial charge is 0.342 e. The van der Waals surface area contributed by atoms with Crippen molar-refractivity contribution in [3.05, 3.63) is 78.0 Å². The maximum Gasteiger partial charge on any atom is 0.342 e. The van der Waals surface area contributed by atoms with Crippen LogP contribution in [0.15, 0.2) is 45.7 Å². The molecule has 11 heteroatoms. The molecule has 0 amide bonds. The predicted octanol–water partition coefficient (Wildman–Crippen LogP) is 4.67. The first kappa shape index (κ1) is 22.7. The first-order valence-corrected chi connectivity index (χ1v) is 10.0. The van der Waals surface area contributed by atoms with Gasteiger partial charge in [0.05, 0.1) is 0 Å². The quantitative estimate of drug-likeness (QED) is 0.364. The molecule has 0 saturated carbocycles. The van der Waals surface area contributed by atoms with Crippen molar-refractivity contribution in [3.8, 4) is 16.9 Å². The van der Waals surface area contributed by atoms with Crippen molar-refractivity contribution in [1.29, 1.82) is 0 Å². The lowest BCUT2D eigenvalue weighted by atomic mass is 9.94. The van der Waals surface area contributed by atoms with Gasteiger partial charge in [0.15, 0.2) is 0 Å². The number of aromatic amines is 1. The van der Waals surface area contributed by atoms with E-state index in [-0.39, 0.29) is 23.5 Å². The zero-order chi connectivity index (χ0) is 22.9. The Morgan fingerprint density at radius 1 is 1.06 bits per heavy atom. The highest BCUT2D eigenvalue weighted by molar-refractivity contribution is 9.10. The number of nitrogens with one attached hydrogen (secondary N) is 1. The van der Waals surface area contributed by atoms with Crippen LogP contribution in [0.25, 0.3) is 11.1 Å². The minimum atomic E-state index is -1.63. The summed E-state index contributed by atoms with van der Waals surface area (Å²) in [6, 6.07) is 9.42. The number of nitrogens with two attached hydrogens (primary N) is 1. The van der Waals surface area contributed by atoms with Gasteiger partial charge in [-0.15, -0.1) is 0 Å². The van der Waals surface area contributed by atoms with Gasteiger partial charge >= 0.3 is 11.9 Å². The molecule has 2 aromatic carbocycles. The summed E-state index contributed by atoms with van der Waals surface area (Å²) >= 11 is 15.6. The van der Waals surface area contributed by atoms with Crippen LogP contribution in [-0.2, 0) is 6.61 Å². The molecule has 1 heterocycles. The van der Waals surface area contributed by atoms with E-state index >= 15 is 0 Å². The number of hydrogen-bond donors (Lipinski definition) is 4. The van der Waals surface area contributed by atoms with Gasteiger partial charge in [0.25, 0.3) is 5.56 Å². The van der Waals surface area contributed by atoms with Crippen LogP contribution in [-0.4, -0.2) is 27.1 Å². The molecule has 31 heavy (non-hydrogen) atoms. The Morgan fingerprint density at radius 2 is 1.68 bits per heavy atom. The molecule has 1 aromatic heterocycles. The number of carboxylic acid groups (broad SMARTS) is 2. The second-order valence-corrected chi connectivity index (χ2v) is 7.96. The number of hydrogen-bond acceptors (Lipinski definition) is 5. The molecule has 0 aliphatic rings. The molecule has 0 bridgehead atoms. The van der Waals surface area contributed by atoms with E-state index in [9.17, 15) is 24.6 Å². The summed E-state index contributed by atoms with van der Waals surface area (Å²) in [5.41, 5.74) is 3.42. The van der Waals surface area contributed by atoms with Gasteiger partial charge in [-0.25, -0.2) is 9.59 Å². The summed E-state index contributed by atoms with van der Waals surface area (Å²) in [5, 5.41) is 20.0. The standard InChI is InChI=1S/C20H13BrCl2N2O6/c21-8-4-5-13(31-7-10-11(22)2-1-3-12(10)23)9(6-8)14-15(19(27)28)17(24)25-18(26)16(14)20(29)30/h1-6H,7H2,(H,27,28)(H,29,30)(H3,24,25,26). The molecule has 8 nitrogen and oxygen atoms in total. The van der Waals surface area contributed by atoms with Crippen LogP contribution in [0.3, 0.4) is 0 Å². The number of ether oxygens (including phenoxy) is 1. The number of aromatic carboxylic acids is 2. The molecule has 0 unspecified atom stereocenters. The van der Waals surface area contributed by atoms with Crippen molar-refractivity contribution in [2.45, 2.75) is 6.61 Å². The van der Waals surface area contributed by atoms with Gasteiger partial charge in [0.1, 0.15) is 29.3 Å². The minimum absolute atomic E-state index is 0.0325. The highest BCUT2D eigenvalue weighted by Gasteiger charge is 2.28. The number of anilines is 1. The average molecular weight is 528 g/mol. The lowest BCUT2D eigenvalue weighted by Gasteiger charge is -2.17. The highest BCUT2D eigenvalue weighted by atomic mass is 79.9. The molecule has 0 saturated heterocycles. The monoisotopic (exact) mass is 526 g/mol. The van der Waals surface area contributed by atoms with E-state index in [4.69, 9.17) is 33.7 Å². The van der Waals surface area contributed by atoms with Gasteiger partial charge in [-0.1, -0.05) is 45.2 Å². The molecule has 0 aliphatic carbocycles. The summed E-state index contributed by atoms with van der Waals surface area (Å²) in [4.78, 5) is 38.1. The molecule has 3 rings (SSSR count). The normalized spacial score (nSPS) is 10.7. The number of nitrogen functional groups attached to an aromatic ring is 1. The molecule has 0 radical (unpaired) electrons. The van der Waals surface area contributed by atoms with Crippen LogP contribution in [0, 0.1) is 0 Å². The van der Waals surface area contributed by atoms with Crippen molar-refractivity contribution in [2.24, 2.45) is 0 Å². The van der Waals surface area contributed by atoms with E-state index in [1.807, 2.05) is 0 Å². The van der Waals surface area contributed by atoms with Crippen molar-refractivity contribution >= 4 is 56.9 Å². The number of pyridine rings is 1. The van der Waals surface area contributed by atoms with Gasteiger partial charge in [-0.3, -0.25) is 4.79 Å². The molecule has 3 aromatic rings. The predicted molar refractivity (Wildman–Crippen MR) is 119 cm³/mol. The van der Waals surface area contributed by atoms with Crippen LogP contribution >= 0.6 is 39.1 Å². The van der Waals surface area contributed by atoms with Crippen LogP contribution < -0.4 is 16.0 Å². The summed E-state index contributed by atoms with van der Waals surface area (Å²) in [6.45, 7) is -0.101. The lowest BCUT2D eigenvalue weighted by Crippen LogP contribution is -2.24. The molecule has 0 spiro atoms. The molecule has 5 N–H and O–H groups in total. The van der Waals surface area contributed by atoms with Crippen LogP contribution in [0.2, 0.25) is 10.0 Å². The zero-order valence-corrected chi connectivity index (χ0v) is 18.5. The highest BCUT2D eigenvalue weighted by Crippen LogP contribution is 2.38. The second-order valence-electron chi connectivity index (χ2n) is 6.23. The van der Waals surface area contributed by atoms with Crippen LogP contribution in [0.1, 0.15) is 26.3 Å². The number of halogens is 3. The molecule has 0 atom stereocenters. The van der Waals surface area contributed by atoms with Crippen molar-refractivity contribution < 1.29 is 24.5 Å². The molecule has 160 valence electrons. The fourth-order valence-corrected chi connectivity index (χ4v) is 3.83. The van der Waals surface area contributed by atoms with E-state index in [1.54, 1.807) is 24.3 Å². The summed E-state index contributed by atoms with van der Waals surface area (Å²) < 4.78 is 6.30. The van der Waals surface area contributed by atoms with E-state index in [0.717, 1.165) is 0 Å². The Balaban J connectivity index is 2.25. The summed E-state index contributed by atoms with van der Waals surface area (Å²) in [6.07, 6.45) is 0. The fraction of sp³-hybridized carbons (Fsp3) is 0.0500. The lowest BCUT2D eigenvalue weighted by molar-refractivity contribution is 0.0695. The number of aromatic nitrogens is 1. The zero-order valence-electron chi connectivity index (χ0n) is 15.4. The SMILES string of the molecule is Nc1[nH]c(=O)c(C(=O)O)c(-c2cc(Br)ccc2OCc2c(Cl)cccc2Cl)c1C(=O)O. The largest absolute Gasteiger partial charge is 0.488 e. The number of rotatable bonds is 6. The first-order valence-electron chi connectivity index (χ1n) is 8.49. The number of carbonyl (C=O) groups is 2. The van der Waals surface area contributed by atoms with Gasteiger partial charge in [-0.2, -0.15) is 0 Å². The average Bonchev–Trinajstić information content (AvgIpc) is 2.67. The maximum atomic E-state index is 12.3. The summed E-state index contributed by atoms with van der Waals surface area (Å²) in [5.74, 6) is -3.54. The van der Waals surface area contributed by atoms with Crippen LogP contribution in [0.4, 0.5) is 5.82 Å². The Kier molecular flexibility index (Phi) is 6.59. The van der Waals surface area contributed by atoms with E-state index < -0.39 is 34.4 Å². The van der Waals surface area contributed by atoms with E-state index in [1.165, 1.54) is 12.1 Å². The third-order valence-corrected chi connectivity index (χ3v) is 5.52. The molecule has 0 aliphatic heterocycles. The fourth-order valence-electron chi connectivity index (χ4n) is 2.96. The van der Waals surface area contributed by atoms with E-state index in [2.05, 4.69) is 20.9 Å². The van der Waals surface area contributed by atoms with Gasteiger partial charge in [0.2, 0.25) is 0 Å². The van der Waals surface area contributed by atoms with Gasteiger partial charge in [-0.05, 0) is 30.3 Å². The Labute approximate surface area is 193 Å². The number of carboxylic acids is 2. The van der Waals surface area contributed by atoms with Crippen molar-refractivity contribution in [2.75, 3.05) is 5.73 Å². The second kappa shape index (κ2) is 9.01. The van der Waals surface area contributed by atoms with Gasteiger partial charge < -0.3 is 25.7 Å². The number of H-pyrrole nitrogens is 1. The van der Waals surface area contributed by atoms with Gasteiger partial charge in [0, 0.05) is 31.2 Å². The topological polar surface area (TPSA) is 143 Å². The Hall–Kier alpha value is -3.01. The first-order chi connectivity index (χ1) is 14.6. The Morgan fingerprint density at radius 3 is 2.26 bits per heavy atom. The maximum absolute atomic E-state index is 12.3.